The van der Waals surface area contributed by atoms with E-state index in [1.54, 1.807) is 0 Å². The van der Waals surface area contributed by atoms with Gasteiger partial charge in [0, 0.05) is 17.4 Å². The molecule has 88 valence electrons. The lowest BCUT2D eigenvalue weighted by Gasteiger charge is -2.05. The number of hydrogen-bond donors (Lipinski definition) is 1. The number of rotatable bonds is 6. The predicted molar refractivity (Wildman–Crippen MR) is 70.1 cm³/mol. The van der Waals surface area contributed by atoms with Crippen LogP contribution in [0.3, 0.4) is 0 Å². The fraction of sp³-hybridized carbons (Fsp3) is 0.462. The van der Waals surface area contributed by atoms with E-state index in [0.29, 0.717) is 13.0 Å². The van der Waals surface area contributed by atoms with Gasteiger partial charge in [0.05, 0.1) is 0 Å². The third kappa shape index (κ3) is 5.31. The van der Waals surface area contributed by atoms with Gasteiger partial charge in [0.2, 0.25) is 5.91 Å². The van der Waals surface area contributed by atoms with Crippen LogP contribution in [0.4, 0.5) is 0 Å². The first-order valence-electron chi connectivity index (χ1n) is 5.73. The van der Waals surface area contributed by atoms with Crippen LogP contribution in [0, 0.1) is 0 Å². The molecule has 0 fully saturated rings. The average molecular weight is 284 g/mol. The molecule has 1 aromatic carbocycles. The van der Waals surface area contributed by atoms with Crippen molar-refractivity contribution >= 4 is 21.8 Å². The van der Waals surface area contributed by atoms with Crippen molar-refractivity contribution in [1.82, 2.24) is 5.32 Å². The van der Waals surface area contributed by atoms with Crippen molar-refractivity contribution in [3.8, 4) is 0 Å². The van der Waals surface area contributed by atoms with E-state index >= 15 is 0 Å². The van der Waals surface area contributed by atoms with Gasteiger partial charge in [-0.2, -0.15) is 0 Å². The van der Waals surface area contributed by atoms with Crippen LogP contribution >= 0.6 is 15.9 Å². The summed E-state index contributed by atoms with van der Waals surface area (Å²) in [6, 6.07) is 7.98. The van der Waals surface area contributed by atoms with E-state index in [2.05, 4.69) is 28.2 Å². The molecule has 0 bridgehead atoms. The van der Waals surface area contributed by atoms with Gasteiger partial charge in [-0.25, -0.2) is 0 Å². The van der Waals surface area contributed by atoms with Crippen molar-refractivity contribution < 1.29 is 4.79 Å². The number of carbonyl (C=O) groups is 1. The molecule has 0 saturated carbocycles. The first kappa shape index (κ1) is 13.2. The van der Waals surface area contributed by atoms with Crippen molar-refractivity contribution in [2.75, 3.05) is 0 Å². The molecule has 0 aliphatic heterocycles. The highest BCUT2D eigenvalue weighted by atomic mass is 79.9. The van der Waals surface area contributed by atoms with Gasteiger partial charge in [0.25, 0.3) is 0 Å². The van der Waals surface area contributed by atoms with Gasteiger partial charge in [-0.05, 0) is 24.1 Å². The van der Waals surface area contributed by atoms with E-state index in [4.69, 9.17) is 0 Å². The molecule has 0 heterocycles. The minimum Gasteiger partial charge on any atom is -0.352 e. The summed E-state index contributed by atoms with van der Waals surface area (Å²) in [7, 11) is 0. The molecule has 0 aliphatic rings. The lowest BCUT2D eigenvalue weighted by atomic mass is 10.2. The van der Waals surface area contributed by atoms with Crippen molar-refractivity contribution in [3.63, 3.8) is 0 Å². The molecule has 16 heavy (non-hydrogen) atoms. The molecular formula is C13H18BrNO. The predicted octanol–water partition coefficient (Wildman–Crippen LogP) is 3.65. The van der Waals surface area contributed by atoms with Gasteiger partial charge in [0.15, 0.2) is 0 Å². The van der Waals surface area contributed by atoms with Gasteiger partial charge in [-0.1, -0.05) is 47.8 Å². The van der Waals surface area contributed by atoms with Gasteiger partial charge >= 0.3 is 0 Å². The SMILES string of the molecule is CCCCCC(=O)NCc1cccc(Br)c1. The fourth-order valence-corrected chi connectivity index (χ4v) is 1.92. The minimum absolute atomic E-state index is 0.147. The highest BCUT2D eigenvalue weighted by Gasteiger charge is 2.00. The molecule has 1 N–H and O–H groups in total. The summed E-state index contributed by atoms with van der Waals surface area (Å²) in [6.07, 6.45) is 3.91. The van der Waals surface area contributed by atoms with E-state index in [1.165, 1.54) is 0 Å². The molecule has 2 nitrogen and oxygen atoms in total. The monoisotopic (exact) mass is 283 g/mol. The minimum atomic E-state index is 0.147. The molecule has 1 amide bonds. The molecule has 0 spiro atoms. The van der Waals surface area contributed by atoms with Crippen LogP contribution < -0.4 is 5.32 Å². The van der Waals surface area contributed by atoms with Crippen LogP contribution in [0.2, 0.25) is 0 Å². The van der Waals surface area contributed by atoms with Crippen LogP contribution in [0.1, 0.15) is 38.2 Å². The van der Waals surface area contributed by atoms with Crippen LogP contribution in [0.5, 0.6) is 0 Å². The van der Waals surface area contributed by atoms with Crippen LogP contribution in [0.25, 0.3) is 0 Å². The normalized spacial score (nSPS) is 10.1. The summed E-state index contributed by atoms with van der Waals surface area (Å²) in [4.78, 5) is 11.5. The summed E-state index contributed by atoms with van der Waals surface area (Å²) in [6.45, 7) is 2.75. The highest BCUT2D eigenvalue weighted by molar-refractivity contribution is 9.10. The maximum absolute atomic E-state index is 11.5. The molecule has 0 aliphatic carbocycles. The smallest absolute Gasteiger partial charge is 0.220 e. The highest BCUT2D eigenvalue weighted by Crippen LogP contribution is 2.11. The molecule has 0 saturated heterocycles. The molecule has 1 rings (SSSR count). The summed E-state index contributed by atoms with van der Waals surface area (Å²) in [5.41, 5.74) is 1.12. The third-order valence-electron chi connectivity index (χ3n) is 2.39. The van der Waals surface area contributed by atoms with Crippen LogP contribution in [0.15, 0.2) is 28.7 Å². The molecule has 0 atom stereocenters. The fourth-order valence-electron chi connectivity index (χ4n) is 1.47. The molecule has 0 radical (unpaired) electrons. The van der Waals surface area contributed by atoms with Crippen molar-refractivity contribution in [2.45, 2.75) is 39.2 Å². The Morgan fingerprint density at radius 3 is 2.88 bits per heavy atom. The second-order valence-electron chi connectivity index (χ2n) is 3.86. The largest absolute Gasteiger partial charge is 0.352 e. The maximum atomic E-state index is 11.5. The van der Waals surface area contributed by atoms with Crippen LogP contribution in [-0.2, 0) is 11.3 Å². The molecular weight excluding hydrogens is 266 g/mol. The number of carbonyl (C=O) groups excluding carboxylic acids is 1. The Balaban J connectivity index is 2.26. The molecule has 1 aromatic rings. The van der Waals surface area contributed by atoms with E-state index in [0.717, 1.165) is 29.3 Å². The van der Waals surface area contributed by atoms with Crippen LogP contribution in [-0.4, -0.2) is 5.91 Å². The van der Waals surface area contributed by atoms with Gasteiger partial charge in [-0.15, -0.1) is 0 Å². The number of unbranched alkanes of at least 4 members (excludes halogenated alkanes) is 2. The number of halogens is 1. The number of benzene rings is 1. The maximum Gasteiger partial charge on any atom is 0.220 e. The Morgan fingerprint density at radius 2 is 2.19 bits per heavy atom. The van der Waals surface area contributed by atoms with E-state index < -0.39 is 0 Å². The molecule has 0 unspecified atom stereocenters. The van der Waals surface area contributed by atoms with Crippen molar-refractivity contribution in [1.29, 1.82) is 0 Å². The second-order valence-corrected chi connectivity index (χ2v) is 4.78. The van der Waals surface area contributed by atoms with Crippen molar-refractivity contribution in [3.05, 3.63) is 34.3 Å². The van der Waals surface area contributed by atoms with Gasteiger partial charge in [0.1, 0.15) is 0 Å². The Kier molecular flexibility index (Phi) is 6.16. The number of nitrogens with one attached hydrogen (secondary N) is 1. The zero-order chi connectivity index (χ0) is 11.8. The first-order valence-corrected chi connectivity index (χ1v) is 6.53. The zero-order valence-corrected chi connectivity index (χ0v) is 11.2. The van der Waals surface area contributed by atoms with Crippen molar-refractivity contribution in [2.24, 2.45) is 0 Å². The zero-order valence-electron chi connectivity index (χ0n) is 9.63. The standard InChI is InChI=1S/C13H18BrNO/c1-2-3-4-8-13(16)15-10-11-6-5-7-12(14)9-11/h5-7,9H,2-4,8,10H2,1H3,(H,15,16). The topological polar surface area (TPSA) is 29.1 Å². The Labute approximate surface area is 106 Å². The molecule has 0 aromatic heterocycles. The lowest BCUT2D eigenvalue weighted by molar-refractivity contribution is -0.121. The van der Waals surface area contributed by atoms with E-state index in [9.17, 15) is 4.79 Å². The summed E-state index contributed by atoms with van der Waals surface area (Å²) < 4.78 is 1.05. The third-order valence-corrected chi connectivity index (χ3v) is 2.88. The number of hydrogen-bond acceptors (Lipinski definition) is 1. The first-order chi connectivity index (χ1) is 7.72. The van der Waals surface area contributed by atoms with Gasteiger partial charge in [-0.3, -0.25) is 4.79 Å². The molecule has 3 heteroatoms. The Morgan fingerprint density at radius 1 is 1.38 bits per heavy atom. The average Bonchev–Trinajstić information content (AvgIpc) is 2.27. The number of amides is 1. The van der Waals surface area contributed by atoms with E-state index in [1.807, 2.05) is 24.3 Å². The van der Waals surface area contributed by atoms with E-state index in [-0.39, 0.29) is 5.91 Å². The Bertz CT molecular complexity index is 338. The summed E-state index contributed by atoms with van der Waals surface area (Å²) >= 11 is 3.41. The quantitative estimate of drug-likeness (QED) is 0.794. The van der Waals surface area contributed by atoms with Gasteiger partial charge < -0.3 is 5.32 Å². The lowest BCUT2D eigenvalue weighted by Crippen LogP contribution is -2.22. The second kappa shape index (κ2) is 7.44. The summed E-state index contributed by atoms with van der Waals surface area (Å²) in [5, 5.41) is 2.93. The Hall–Kier alpha value is -0.830. The summed E-state index contributed by atoms with van der Waals surface area (Å²) in [5.74, 6) is 0.147.